The van der Waals surface area contributed by atoms with Crippen molar-refractivity contribution in [2.24, 2.45) is 5.92 Å². The summed E-state index contributed by atoms with van der Waals surface area (Å²) >= 11 is 6.96. The SMILES string of the molecule is CCCC(CBr)CCOc1ccc(Br)cc1. The van der Waals surface area contributed by atoms with Crippen LogP contribution in [0.2, 0.25) is 0 Å². The lowest BCUT2D eigenvalue weighted by molar-refractivity contribution is 0.280. The van der Waals surface area contributed by atoms with Gasteiger partial charge in [0.05, 0.1) is 6.61 Å². The smallest absolute Gasteiger partial charge is 0.119 e. The molecule has 1 rings (SSSR count). The van der Waals surface area contributed by atoms with Crippen molar-refractivity contribution in [3.05, 3.63) is 28.7 Å². The summed E-state index contributed by atoms with van der Waals surface area (Å²) in [6.45, 7) is 3.03. The van der Waals surface area contributed by atoms with Gasteiger partial charge in [0.1, 0.15) is 5.75 Å². The third-order valence-corrected chi connectivity index (χ3v) is 3.97. The summed E-state index contributed by atoms with van der Waals surface area (Å²) < 4.78 is 6.79. The van der Waals surface area contributed by atoms with Gasteiger partial charge < -0.3 is 4.74 Å². The summed E-state index contributed by atoms with van der Waals surface area (Å²) in [6, 6.07) is 7.99. The molecule has 16 heavy (non-hydrogen) atoms. The van der Waals surface area contributed by atoms with Gasteiger partial charge in [-0.05, 0) is 43.0 Å². The first-order valence-electron chi connectivity index (χ1n) is 5.70. The number of ether oxygens (including phenoxy) is 1. The van der Waals surface area contributed by atoms with Gasteiger partial charge in [0, 0.05) is 9.80 Å². The van der Waals surface area contributed by atoms with E-state index in [2.05, 4.69) is 38.8 Å². The van der Waals surface area contributed by atoms with Gasteiger partial charge >= 0.3 is 0 Å². The number of benzene rings is 1. The van der Waals surface area contributed by atoms with E-state index >= 15 is 0 Å². The van der Waals surface area contributed by atoms with E-state index in [0.29, 0.717) is 0 Å². The van der Waals surface area contributed by atoms with E-state index in [-0.39, 0.29) is 0 Å². The molecule has 0 aliphatic heterocycles. The summed E-state index contributed by atoms with van der Waals surface area (Å²) in [6.07, 6.45) is 3.64. The van der Waals surface area contributed by atoms with Crippen LogP contribution in [-0.2, 0) is 0 Å². The molecule has 0 bridgehead atoms. The minimum absolute atomic E-state index is 0.737. The zero-order valence-corrected chi connectivity index (χ0v) is 12.8. The third-order valence-electron chi connectivity index (χ3n) is 2.52. The molecule has 0 saturated carbocycles. The first kappa shape index (κ1) is 14.0. The van der Waals surface area contributed by atoms with Crippen LogP contribution in [0.3, 0.4) is 0 Å². The minimum atomic E-state index is 0.737. The maximum absolute atomic E-state index is 5.70. The lowest BCUT2D eigenvalue weighted by Gasteiger charge is -2.13. The molecule has 1 aromatic carbocycles. The van der Waals surface area contributed by atoms with Gasteiger partial charge in [-0.15, -0.1) is 0 Å². The molecule has 1 atom stereocenters. The predicted molar refractivity (Wildman–Crippen MR) is 76.4 cm³/mol. The fourth-order valence-electron chi connectivity index (χ4n) is 1.58. The number of rotatable bonds is 7. The quantitative estimate of drug-likeness (QED) is 0.627. The molecule has 1 aromatic rings. The van der Waals surface area contributed by atoms with Crippen molar-refractivity contribution in [3.63, 3.8) is 0 Å². The van der Waals surface area contributed by atoms with Gasteiger partial charge in [-0.3, -0.25) is 0 Å². The summed E-state index contributed by atoms with van der Waals surface area (Å²) in [7, 11) is 0. The standard InChI is InChI=1S/C13H18Br2O/c1-2-3-11(10-14)8-9-16-13-6-4-12(15)5-7-13/h4-7,11H,2-3,8-10H2,1H3. The molecular weight excluding hydrogens is 332 g/mol. The Morgan fingerprint density at radius 1 is 1.19 bits per heavy atom. The number of alkyl halides is 1. The summed E-state index contributed by atoms with van der Waals surface area (Å²) in [5, 5.41) is 1.07. The van der Waals surface area contributed by atoms with Crippen LogP contribution >= 0.6 is 31.9 Å². The molecule has 0 spiro atoms. The highest BCUT2D eigenvalue weighted by Crippen LogP contribution is 2.18. The van der Waals surface area contributed by atoms with Crippen LogP contribution in [0.1, 0.15) is 26.2 Å². The predicted octanol–water partition coefficient (Wildman–Crippen LogP) is 5.03. The molecule has 1 unspecified atom stereocenters. The average molecular weight is 350 g/mol. The van der Waals surface area contributed by atoms with Crippen molar-refractivity contribution < 1.29 is 4.74 Å². The summed E-state index contributed by atoms with van der Waals surface area (Å²) in [5.41, 5.74) is 0. The van der Waals surface area contributed by atoms with Crippen molar-refractivity contribution in [1.82, 2.24) is 0 Å². The second-order valence-electron chi connectivity index (χ2n) is 3.90. The Morgan fingerprint density at radius 2 is 1.88 bits per heavy atom. The molecular formula is C13H18Br2O. The molecule has 0 heterocycles. The van der Waals surface area contributed by atoms with E-state index < -0.39 is 0 Å². The molecule has 0 aliphatic carbocycles. The lowest BCUT2D eigenvalue weighted by atomic mass is 10.0. The molecule has 3 heteroatoms. The lowest BCUT2D eigenvalue weighted by Crippen LogP contribution is -2.08. The zero-order valence-electron chi connectivity index (χ0n) is 9.59. The third kappa shape index (κ3) is 5.35. The minimum Gasteiger partial charge on any atom is -0.494 e. The Hall–Kier alpha value is -0.0200. The van der Waals surface area contributed by atoms with E-state index in [4.69, 9.17) is 4.74 Å². The summed E-state index contributed by atoms with van der Waals surface area (Å²) in [5.74, 6) is 1.69. The Labute approximate surface area is 115 Å². The molecule has 1 nitrogen and oxygen atoms in total. The monoisotopic (exact) mass is 348 g/mol. The van der Waals surface area contributed by atoms with Crippen molar-refractivity contribution in [3.8, 4) is 5.75 Å². The zero-order chi connectivity index (χ0) is 11.8. The molecule has 0 amide bonds. The van der Waals surface area contributed by atoms with Gasteiger partial charge in [-0.1, -0.05) is 45.2 Å². The fraction of sp³-hybridized carbons (Fsp3) is 0.538. The van der Waals surface area contributed by atoms with E-state index in [0.717, 1.165) is 34.5 Å². The van der Waals surface area contributed by atoms with Crippen LogP contribution in [-0.4, -0.2) is 11.9 Å². The molecule has 0 N–H and O–H groups in total. The van der Waals surface area contributed by atoms with Crippen LogP contribution in [0.4, 0.5) is 0 Å². The van der Waals surface area contributed by atoms with Crippen LogP contribution in [0.5, 0.6) is 5.75 Å². The Balaban J connectivity index is 2.26. The van der Waals surface area contributed by atoms with Gasteiger partial charge in [0.25, 0.3) is 0 Å². The Kier molecular flexibility index (Phi) is 7.13. The van der Waals surface area contributed by atoms with E-state index in [1.54, 1.807) is 0 Å². The number of halogens is 2. The first-order chi connectivity index (χ1) is 7.76. The highest BCUT2D eigenvalue weighted by atomic mass is 79.9. The second-order valence-corrected chi connectivity index (χ2v) is 5.46. The fourth-order valence-corrected chi connectivity index (χ4v) is 2.49. The molecule has 0 radical (unpaired) electrons. The maximum atomic E-state index is 5.70. The molecule has 0 aromatic heterocycles. The molecule has 0 aliphatic rings. The Bertz CT molecular complexity index is 284. The second kappa shape index (κ2) is 8.13. The van der Waals surface area contributed by atoms with Crippen molar-refractivity contribution in [1.29, 1.82) is 0 Å². The van der Waals surface area contributed by atoms with Gasteiger partial charge in [-0.2, -0.15) is 0 Å². The normalized spacial score (nSPS) is 12.4. The highest BCUT2D eigenvalue weighted by Gasteiger charge is 2.05. The van der Waals surface area contributed by atoms with Crippen LogP contribution in [0.15, 0.2) is 28.7 Å². The molecule has 0 fully saturated rings. The van der Waals surface area contributed by atoms with Gasteiger partial charge in [-0.25, -0.2) is 0 Å². The molecule has 0 saturated heterocycles. The number of hydrogen-bond acceptors (Lipinski definition) is 1. The summed E-state index contributed by atoms with van der Waals surface area (Å²) in [4.78, 5) is 0. The van der Waals surface area contributed by atoms with Crippen LogP contribution in [0.25, 0.3) is 0 Å². The van der Waals surface area contributed by atoms with Gasteiger partial charge in [0.15, 0.2) is 0 Å². The molecule has 90 valence electrons. The Morgan fingerprint density at radius 3 is 2.44 bits per heavy atom. The van der Waals surface area contributed by atoms with E-state index in [1.807, 2.05) is 24.3 Å². The van der Waals surface area contributed by atoms with E-state index in [1.165, 1.54) is 12.8 Å². The largest absolute Gasteiger partial charge is 0.494 e. The van der Waals surface area contributed by atoms with Crippen molar-refractivity contribution in [2.45, 2.75) is 26.2 Å². The first-order valence-corrected chi connectivity index (χ1v) is 7.62. The van der Waals surface area contributed by atoms with Gasteiger partial charge in [0.2, 0.25) is 0 Å². The van der Waals surface area contributed by atoms with Crippen LogP contribution < -0.4 is 4.74 Å². The topological polar surface area (TPSA) is 9.23 Å². The average Bonchev–Trinajstić information content (AvgIpc) is 2.30. The van der Waals surface area contributed by atoms with E-state index in [9.17, 15) is 0 Å². The number of hydrogen-bond donors (Lipinski definition) is 0. The van der Waals surface area contributed by atoms with Crippen LogP contribution in [0, 0.1) is 5.92 Å². The van der Waals surface area contributed by atoms with Crippen molar-refractivity contribution >= 4 is 31.9 Å². The highest BCUT2D eigenvalue weighted by molar-refractivity contribution is 9.10. The maximum Gasteiger partial charge on any atom is 0.119 e. The van der Waals surface area contributed by atoms with Crippen molar-refractivity contribution in [2.75, 3.05) is 11.9 Å².